The van der Waals surface area contributed by atoms with Crippen molar-refractivity contribution in [3.8, 4) is 0 Å². The highest BCUT2D eigenvalue weighted by atomic mass is 32.1. The maximum atomic E-state index is 13.3. The zero-order valence-electron chi connectivity index (χ0n) is 15.6. The summed E-state index contributed by atoms with van der Waals surface area (Å²) in [6.45, 7) is 7.79. The second-order valence-electron chi connectivity index (χ2n) is 7.99. The summed E-state index contributed by atoms with van der Waals surface area (Å²) in [6.07, 6.45) is 4.91. The largest absolute Gasteiger partial charge is 0.347 e. The Hall–Kier alpha value is -1.88. The Kier molecular flexibility index (Phi) is 4.74. The zero-order valence-corrected chi connectivity index (χ0v) is 16.5. The standard InChI is InChI=1S/C21H27N3OS/c1-16(2)18-6-4-17(5-7-18)14-23-11-3-8-21(19(23)25)9-12-24(15-21)20-22-10-13-26-20/h4-7,10,13,16H,3,8-9,11-12,14-15H2,1-2H3/t21-/m0/s1. The molecule has 5 heteroatoms. The molecule has 1 amide bonds. The highest BCUT2D eigenvalue weighted by Crippen LogP contribution is 2.42. The Morgan fingerprint density at radius 2 is 2.00 bits per heavy atom. The minimum Gasteiger partial charge on any atom is -0.347 e. The molecule has 0 bridgehead atoms. The monoisotopic (exact) mass is 369 g/mol. The SMILES string of the molecule is CC(C)c1ccc(CN2CCC[C@@]3(CCN(c4nccs4)C3)C2=O)cc1. The second-order valence-corrected chi connectivity index (χ2v) is 8.87. The van der Waals surface area contributed by atoms with Crippen LogP contribution < -0.4 is 4.90 Å². The van der Waals surface area contributed by atoms with Crippen LogP contribution in [0.3, 0.4) is 0 Å². The van der Waals surface area contributed by atoms with E-state index in [0.29, 0.717) is 11.8 Å². The normalized spacial score (nSPS) is 23.4. The third-order valence-electron chi connectivity index (χ3n) is 5.89. The van der Waals surface area contributed by atoms with Gasteiger partial charge in [0, 0.05) is 37.8 Å². The molecular weight excluding hydrogens is 342 g/mol. The van der Waals surface area contributed by atoms with Gasteiger partial charge in [-0.1, -0.05) is 38.1 Å². The van der Waals surface area contributed by atoms with Crippen LogP contribution in [0.1, 0.15) is 50.2 Å². The number of nitrogens with zero attached hydrogens (tertiary/aromatic N) is 3. The number of carbonyl (C=O) groups is 1. The van der Waals surface area contributed by atoms with Gasteiger partial charge in [-0.15, -0.1) is 11.3 Å². The molecule has 0 unspecified atom stereocenters. The number of hydrogen-bond donors (Lipinski definition) is 0. The van der Waals surface area contributed by atoms with Crippen LogP contribution in [0.5, 0.6) is 0 Å². The van der Waals surface area contributed by atoms with E-state index < -0.39 is 0 Å². The summed E-state index contributed by atoms with van der Waals surface area (Å²) in [5.74, 6) is 0.884. The van der Waals surface area contributed by atoms with Gasteiger partial charge in [0.25, 0.3) is 0 Å². The molecule has 0 saturated carbocycles. The molecule has 0 aliphatic carbocycles. The van der Waals surface area contributed by atoms with Crippen molar-refractivity contribution in [3.05, 3.63) is 47.0 Å². The Morgan fingerprint density at radius 1 is 1.19 bits per heavy atom. The number of rotatable bonds is 4. The Balaban J connectivity index is 1.46. The lowest BCUT2D eigenvalue weighted by Gasteiger charge is -2.39. The second kappa shape index (κ2) is 7.03. The number of carbonyl (C=O) groups excluding carboxylic acids is 1. The van der Waals surface area contributed by atoms with Crippen molar-refractivity contribution in [2.24, 2.45) is 5.41 Å². The first-order valence-corrected chi connectivity index (χ1v) is 10.5. The van der Waals surface area contributed by atoms with E-state index in [-0.39, 0.29) is 5.41 Å². The van der Waals surface area contributed by atoms with Crippen molar-refractivity contribution in [2.75, 3.05) is 24.5 Å². The maximum absolute atomic E-state index is 13.3. The Bertz CT molecular complexity index is 756. The summed E-state index contributed by atoms with van der Waals surface area (Å²) < 4.78 is 0. The van der Waals surface area contributed by atoms with Crippen LogP contribution in [-0.2, 0) is 11.3 Å². The van der Waals surface area contributed by atoms with Crippen molar-refractivity contribution in [1.29, 1.82) is 0 Å². The third kappa shape index (κ3) is 3.25. The lowest BCUT2D eigenvalue weighted by molar-refractivity contribution is -0.145. The lowest BCUT2D eigenvalue weighted by atomic mass is 9.78. The van der Waals surface area contributed by atoms with Gasteiger partial charge in [-0.2, -0.15) is 0 Å². The summed E-state index contributed by atoms with van der Waals surface area (Å²) in [5, 5.41) is 3.06. The van der Waals surface area contributed by atoms with E-state index >= 15 is 0 Å². The van der Waals surface area contributed by atoms with Gasteiger partial charge in [-0.3, -0.25) is 4.79 Å². The average Bonchev–Trinajstić information content (AvgIpc) is 3.30. The fourth-order valence-electron chi connectivity index (χ4n) is 4.32. The van der Waals surface area contributed by atoms with E-state index in [1.54, 1.807) is 11.3 Å². The number of thiazole rings is 1. The first kappa shape index (κ1) is 17.5. The van der Waals surface area contributed by atoms with Gasteiger partial charge in [-0.05, 0) is 36.3 Å². The third-order valence-corrected chi connectivity index (χ3v) is 6.72. The zero-order chi connectivity index (χ0) is 18.1. The molecule has 26 heavy (non-hydrogen) atoms. The number of benzene rings is 1. The fraction of sp³-hybridized carbons (Fsp3) is 0.524. The number of amides is 1. The quantitative estimate of drug-likeness (QED) is 0.807. The topological polar surface area (TPSA) is 36.4 Å². The predicted molar refractivity (Wildman–Crippen MR) is 107 cm³/mol. The van der Waals surface area contributed by atoms with Crippen LogP contribution in [0, 0.1) is 5.41 Å². The minimum atomic E-state index is -0.207. The molecular formula is C21H27N3OS. The van der Waals surface area contributed by atoms with Gasteiger partial charge in [0.15, 0.2) is 5.13 Å². The molecule has 2 fully saturated rings. The number of aromatic nitrogens is 1. The number of anilines is 1. The Morgan fingerprint density at radius 3 is 2.69 bits per heavy atom. The van der Waals surface area contributed by atoms with Gasteiger partial charge >= 0.3 is 0 Å². The molecule has 1 spiro atoms. The summed E-state index contributed by atoms with van der Waals surface area (Å²) >= 11 is 1.67. The van der Waals surface area contributed by atoms with Gasteiger partial charge in [-0.25, -0.2) is 4.98 Å². The number of likely N-dealkylation sites (tertiary alicyclic amines) is 1. The molecule has 4 nitrogen and oxygen atoms in total. The van der Waals surface area contributed by atoms with Gasteiger partial charge < -0.3 is 9.80 Å². The van der Waals surface area contributed by atoms with Crippen molar-refractivity contribution in [3.63, 3.8) is 0 Å². The number of hydrogen-bond acceptors (Lipinski definition) is 4. The van der Waals surface area contributed by atoms with E-state index in [1.807, 2.05) is 11.6 Å². The summed E-state index contributed by atoms with van der Waals surface area (Å²) in [4.78, 5) is 22.1. The smallest absolute Gasteiger partial charge is 0.230 e. The van der Waals surface area contributed by atoms with Crippen molar-refractivity contribution < 1.29 is 4.79 Å². The molecule has 4 rings (SSSR count). The van der Waals surface area contributed by atoms with Crippen LogP contribution >= 0.6 is 11.3 Å². The van der Waals surface area contributed by atoms with Gasteiger partial charge in [0.1, 0.15) is 0 Å². The van der Waals surface area contributed by atoms with Gasteiger partial charge in [0.2, 0.25) is 5.91 Å². The molecule has 1 aromatic heterocycles. The molecule has 3 heterocycles. The maximum Gasteiger partial charge on any atom is 0.230 e. The minimum absolute atomic E-state index is 0.207. The van der Waals surface area contributed by atoms with E-state index in [4.69, 9.17) is 0 Å². The van der Waals surface area contributed by atoms with Crippen LogP contribution in [0.4, 0.5) is 5.13 Å². The molecule has 2 aromatic rings. The molecule has 2 aliphatic heterocycles. The summed E-state index contributed by atoms with van der Waals surface area (Å²) in [5.41, 5.74) is 2.38. The Labute approximate surface area is 159 Å². The first-order chi connectivity index (χ1) is 12.6. The summed E-state index contributed by atoms with van der Waals surface area (Å²) in [7, 11) is 0. The van der Waals surface area contributed by atoms with E-state index in [1.165, 1.54) is 11.1 Å². The predicted octanol–water partition coefficient (Wildman–Crippen LogP) is 4.29. The van der Waals surface area contributed by atoms with E-state index in [9.17, 15) is 4.79 Å². The highest BCUT2D eigenvalue weighted by Gasteiger charge is 2.48. The van der Waals surface area contributed by atoms with Crippen LogP contribution in [0.15, 0.2) is 35.8 Å². The van der Waals surface area contributed by atoms with Crippen molar-refractivity contribution in [1.82, 2.24) is 9.88 Å². The molecule has 0 N–H and O–H groups in total. The molecule has 138 valence electrons. The van der Waals surface area contributed by atoms with Crippen molar-refractivity contribution >= 4 is 22.4 Å². The molecule has 1 aromatic carbocycles. The van der Waals surface area contributed by atoms with Crippen LogP contribution in [-0.4, -0.2) is 35.4 Å². The fourth-order valence-corrected chi connectivity index (χ4v) is 4.99. The lowest BCUT2D eigenvalue weighted by Crippen LogP contribution is -2.49. The average molecular weight is 370 g/mol. The van der Waals surface area contributed by atoms with Crippen molar-refractivity contribution in [2.45, 2.75) is 45.6 Å². The molecule has 1 atom stereocenters. The highest BCUT2D eigenvalue weighted by molar-refractivity contribution is 7.13. The number of piperidine rings is 1. The first-order valence-electron chi connectivity index (χ1n) is 9.60. The van der Waals surface area contributed by atoms with E-state index in [2.05, 4.69) is 52.9 Å². The van der Waals surface area contributed by atoms with Crippen LogP contribution in [0.25, 0.3) is 0 Å². The molecule has 2 aliphatic rings. The molecule has 2 saturated heterocycles. The van der Waals surface area contributed by atoms with Crippen LogP contribution in [0.2, 0.25) is 0 Å². The van der Waals surface area contributed by atoms with Gasteiger partial charge in [0.05, 0.1) is 5.41 Å². The van der Waals surface area contributed by atoms with E-state index in [0.717, 1.165) is 50.6 Å². The molecule has 0 radical (unpaired) electrons. The summed E-state index contributed by atoms with van der Waals surface area (Å²) in [6, 6.07) is 8.76.